The first-order valence-electron chi connectivity index (χ1n) is 6.21. The Labute approximate surface area is 112 Å². The van der Waals surface area contributed by atoms with E-state index < -0.39 is 10.0 Å². The van der Waals surface area contributed by atoms with Gasteiger partial charge < -0.3 is 4.98 Å². The van der Waals surface area contributed by atoms with Gasteiger partial charge in [-0.2, -0.15) is 8.42 Å². The SMILES string of the molecule is Cc1ncc(S(=O)(=O)Nc2ccc3c(c2)CCC3)[nH]1. The Balaban J connectivity index is 1.89. The highest BCUT2D eigenvalue weighted by molar-refractivity contribution is 7.92. The summed E-state index contributed by atoms with van der Waals surface area (Å²) < 4.78 is 26.8. The van der Waals surface area contributed by atoms with Crippen molar-refractivity contribution >= 4 is 15.7 Å². The van der Waals surface area contributed by atoms with Crippen LogP contribution in [0.2, 0.25) is 0 Å². The number of rotatable bonds is 3. The fourth-order valence-corrected chi connectivity index (χ4v) is 3.40. The van der Waals surface area contributed by atoms with Crippen LogP contribution in [0.5, 0.6) is 0 Å². The number of nitrogens with one attached hydrogen (secondary N) is 2. The van der Waals surface area contributed by atoms with E-state index in [1.54, 1.807) is 6.92 Å². The number of H-pyrrole nitrogens is 1. The Bertz CT molecular complexity index is 719. The predicted molar refractivity (Wildman–Crippen MR) is 72.6 cm³/mol. The van der Waals surface area contributed by atoms with Crippen LogP contribution in [0.1, 0.15) is 23.4 Å². The maximum absolute atomic E-state index is 12.1. The average Bonchev–Trinajstić information content (AvgIpc) is 2.96. The lowest BCUT2D eigenvalue weighted by atomic mass is 10.1. The molecule has 100 valence electrons. The Morgan fingerprint density at radius 3 is 2.79 bits per heavy atom. The first-order chi connectivity index (χ1) is 9.04. The maximum Gasteiger partial charge on any atom is 0.278 e. The van der Waals surface area contributed by atoms with Gasteiger partial charge in [0.25, 0.3) is 10.0 Å². The summed E-state index contributed by atoms with van der Waals surface area (Å²) in [4.78, 5) is 6.63. The number of fused-ring (bicyclic) bond motifs is 1. The largest absolute Gasteiger partial charge is 0.332 e. The van der Waals surface area contributed by atoms with E-state index in [4.69, 9.17) is 0 Å². The van der Waals surface area contributed by atoms with E-state index in [1.807, 2.05) is 18.2 Å². The smallest absolute Gasteiger partial charge is 0.278 e. The van der Waals surface area contributed by atoms with Crippen LogP contribution < -0.4 is 4.72 Å². The predicted octanol–water partition coefficient (Wildman–Crippen LogP) is 2.01. The molecule has 1 aliphatic rings. The van der Waals surface area contributed by atoms with Gasteiger partial charge >= 0.3 is 0 Å². The molecule has 19 heavy (non-hydrogen) atoms. The van der Waals surface area contributed by atoms with Crippen LogP contribution in [0, 0.1) is 6.92 Å². The Morgan fingerprint density at radius 1 is 1.26 bits per heavy atom. The zero-order chi connectivity index (χ0) is 13.5. The monoisotopic (exact) mass is 277 g/mol. The topological polar surface area (TPSA) is 74.8 Å². The number of imidazole rings is 1. The highest BCUT2D eigenvalue weighted by Crippen LogP contribution is 2.26. The highest BCUT2D eigenvalue weighted by atomic mass is 32.2. The minimum Gasteiger partial charge on any atom is -0.332 e. The molecule has 2 aromatic rings. The van der Waals surface area contributed by atoms with Crippen LogP contribution in [0.25, 0.3) is 0 Å². The number of aryl methyl sites for hydroxylation is 3. The number of aromatic amines is 1. The third-order valence-electron chi connectivity index (χ3n) is 3.32. The van der Waals surface area contributed by atoms with Gasteiger partial charge in [-0.05, 0) is 49.4 Å². The highest BCUT2D eigenvalue weighted by Gasteiger charge is 2.18. The summed E-state index contributed by atoms with van der Waals surface area (Å²) in [5, 5.41) is 0.0884. The number of hydrogen-bond acceptors (Lipinski definition) is 3. The Hall–Kier alpha value is -1.82. The van der Waals surface area contributed by atoms with Crippen LogP contribution in [0.15, 0.2) is 29.4 Å². The van der Waals surface area contributed by atoms with Crippen LogP contribution in [-0.4, -0.2) is 18.4 Å². The summed E-state index contributed by atoms with van der Waals surface area (Å²) >= 11 is 0. The lowest BCUT2D eigenvalue weighted by Gasteiger charge is -2.08. The average molecular weight is 277 g/mol. The molecule has 1 aromatic carbocycles. The van der Waals surface area contributed by atoms with E-state index in [9.17, 15) is 8.42 Å². The van der Waals surface area contributed by atoms with E-state index in [-0.39, 0.29) is 5.03 Å². The van der Waals surface area contributed by atoms with Gasteiger partial charge in [-0.3, -0.25) is 4.72 Å². The van der Waals surface area contributed by atoms with Crippen molar-refractivity contribution in [2.24, 2.45) is 0 Å². The van der Waals surface area contributed by atoms with E-state index >= 15 is 0 Å². The van der Waals surface area contributed by atoms with Crippen molar-refractivity contribution in [2.45, 2.75) is 31.2 Å². The maximum atomic E-state index is 12.1. The lowest BCUT2D eigenvalue weighted by molar-refractivity contribution is 0.598. The molecule has 0 unspecified atom stereocenters. The number of benzene rings is 1. The summed E-state index contributed by atoms with van der Waals surface area (Å²) in [6.07, 6.45) is 4.58. The summed E-state index contributed by atoms with van der Waals surface area (Å²) in [5.41, 5.74) is 3.16. The van der Waals surface area contributed by atoms with E-state index in [1.165, 1.54) is 17.3 Å². The molecular weight excluding hydrogens is 262 g/mol. The van der Waals surface area contributed by atoms with Gasteiger partial charge in [0, 0.05) is 5.69 Å². The molecule has 0 spiro atoms. The summed E-state index contributed by atoms with van der Waals surface area (Å²) in [5.74, 6) is 0.578. The van der Waals surface area contributed by atoms with Crippen molar-refractivity contribution in [1.29, 1.82) is 0 Å². The second kappa shape index (κ2) is 4.38. The molecule has 0 saturated carbocycles. The Morgan fingerprint density at radius 2 is 2.05 bits per heavy atom. The second-order valence-electron chi connectivity index (χ2n) is 4.78. The molecule has 2 N–H and O–H groups in total. The van der Waals surface area contributed by atoms with Crippen LogP contribution in [0.4, 0.5) is 5.69 Å². The van der Waals surface area contributed by atoms with Crippen molar-refractivity contribution in [1.82, 2.24) is 9.97 Å². The van der Waals surface area contributed by atoms with Crippen molar-refractivity contribution in [2.75, 3.05) is 4.72 Å². The van der Waals surface area contributed by atoms with E-state index in [2.05, 4.69) is 14.7 Å². The van der Waals surface area contributed by atoms with Crippen molar-refractivity contribution in [3.8, 4) is 0 Å². The molecule has 1 heterocycles. The number of sulfonamides is 1. The minimum atomic E-state index is -3.58. The molecular formula is C13H15N3O2S. The number of aromatic nitrogens is 2. The molecule has 1 aromatic heterocycles. The third-order valence-corrected chi connectivity index (χ3v) is 4.61. The molecule has 6 heteroatoms. The number of nitrogens with zero attached hydrogens (tertiary/aromatic N) is 1. The fraction of sp³-hybridized carbons (Fsp3) is 0.308. The second-order valence-corrected chi connectivity index (χ2v) is 6.43. The molecule has 0 bridgehead atoms. The van der Waals surface area contributed by atoms with E-state index in [0.29, 0.717) is 11.5 Å². The Kier molecular flexibility index (Phi) is 2.82. The first kappa shape index (κ1) is 12.2. The van der Waals surface area contributed by atoms with Crippen LogP contribution >= 0.6 is 0 Å². The van der Waals surface area contributed by atoms with Gasteiger partial charge in [-0.15, -0.1) is 0 Å². The fourth-order valence-electron chi connectivity index (χ4n) is 2.38. The van der Waals surface area contributed by atoms with Crippen molar-refractivity contribution < 1.29 is 8.42 Å². The first-order valence-corrected chi connectivity index (χ1v) is 7.69. The van der Waals surface area contributed by atoms with Gasteiger partial charge in [0.1, 0.15) is 5.82 Å². The lowest BCUT2D eigenvalue weighted by Crippen LogP contribution is -2.13. The molecule has 3 rings (SSSR count). The van der Waals surface area contributed by atoms with Gasteiger partial charge in [-0.25, -0.2) is 4.98 Å². The summed E-state index contributed by atoms with van der Waals surface area (Å²) in [6.45, 7) is 1.72. The molecule has 5 nitrogen and oxygen atoms in total. The minimum absolute atomic E-state index is 0.0884. The molecule has 0 saturated heterocycles. The van der Waals surface area contributed by atoms with Crippen molar-refractivity contribution in [3.63, 3.8) is 0 Å². The number of anilines is 1. The number of hydrogen-bond donors (Lipinski definition) is 2. The zero-order valence-electron chi connectivity index (χ0n) is 10.6. The summed E-state index contributed by atoms with van der Waals surface area (Å²) in [7, 11) is -3.58. The molecule has 0 amide bonds. The van der Waals surface area contributed by atoms with Crippen molar-refractivity contribution in [3.05, 3.63) is 41.3 Å². The molecule has 0 atom stereocenters. The standard InChI is InChI=1S/C13H15N3O2S/c1-9-14-8-13(15-9)19(17,18)16-12-6-5-10-3-2-4-11(10)7-12/h5-8,16H,2-4H2,1H3,(H,14,15). The molecule has 0 fully saturated rings. The van der Waals surface area contributed by atoms with Gasteiger partial charge in [0.15, 0.2) is 5.03 Å². The zero-order valence-corrected chi connectivity index (χ0v) is 11.4. The molecule has 1 aliphatic carbocycles. The third kappa shape index (κ3) is 2.35. The van der Waals surface area contributed by atoms with Crippen LogP contribution in [-0.2, 0) is 22.9 Å². The molecule has 0 radical (unpaired) electrons. The van der Waals surface area contributed by atoms with Gasteiger partial charge in [0.2, 0.25) is 0 Å². The normalized spacial score (nSPS) is 14.4. The van der Waals surface area contributed by atoms with E-state index in [0.717, 1.165) is 19.3 Å². The quantitative estimate of drug-likeness (QED) is 0.901. The molecule has 0 aliphatic heterocycles. The summed E-state index contributed by atoms with van der Waals surface area (Å²) in [6, 6.07) is 5.73. The van der Waals surface area contributed by atoms with Crippen LogP contribution in [0.3, 0.4) is 0 Å². The van der Waals surface area contributed by atoms with Gasteiger partial charge in [0.05, 0.1) is 6.20 Å². The van der Waals surface area contributed by atoms with Gasteiger partial charge in [-0.1, -0.05) is 6.07 Å².